The van der Waals surface area contributed by atoms with Crippen LogP contribution in [0.15, 0.2) is 48.5 Å². The predicted molar refractivity (Wildman–Crippen MR) is 110 cm³/mol. The molecule has 0 saturated carbocycles. The van der Waals surface area contributed by atoms with E-state index in [1.165, 1.54) is 11.6 Å². The quantitative estimate of drug-likeness (QED) is 0.789. The summed E-state index contributed by atoms with van der Waals surface area (Å²) >= 11 is 0. The van der Waals surface area contributed by atoms with E-state index in [1.54, 1.807) is 11.0 Å². The van der Waals surface area contributed by atoms with Crippen molar-refractivity contribution in [2.75, 3.05) is 31.1 Å². The molecule has 152 valence electrons. The van der Waals surface area contributed by atoms with Crippen LogP contribution in [0, 0.1) is 5.82 Å². The molecule has 5 heteroatoms. The molecule has 5 rings (SSSR count). The van der Waals surface area contributed by atoms with Crippen molar-refractivity contribution >= 4 is 11.6 Å². The van der Waals surface area contributed by atoms with Crippen molar-refractivity contribution in [1.82, 2.24) is 4.90 Å². The Morgan fingerprint density at radius 2 is 1.86 bits per heavy atom. The van der Waals surface area contributed by atoms with Crippen molar-refractivity contribution in [3.05, 3.63) is 65.5 Å². The van der Waals surface area contributed by atoms with Gasteiger partial charge in [0.25, 0.3) is 0 Å². The number of rotatable bonds is 4. The third-order valence-corrected chi connectivity index (χ3v) is 6.78. The zero-order chi connectivity index (χ0) is 19.8. The Kier molecular flexibility index (Phi) is 4.88. The van der Waals surface area contributed by atoms with E-state index in [2.05, 4.69) is 29.2 Å². The second-order valence-corrected chi connectivity index (χ2v) is 8.53. The molecule has 1 spiro atoms. The number of carbonyl (C=O) groups is 1. The minimum atomic E-state index is -0.730. The first-order valence-corrected chi connectivity index (χ1v) is 10.7. The Hall–Kier alpha value is -2.24. The van der Waals surface area contributed by atoms with Crippen LogP contribution in [0.4, 0.5) is 10.1 Å². The molecule has 0 N–H and O–H groups in total. The molecule has 2 fully saturated rings. The van der Waals surface area contributed by atoms with Gasteiger partial charge in [-0.15, -0.1) is 0 Å². The zero-order valence-corrected chi connectivity index (χ0v) is 16.6. The highest BCUT2D eigenvalue weighted by Gasteiger charge is 2.53. The highest BCUT2D eigenvalue weighted by Crippen LogP contribution is 2.49. The lowest BCUT2D eigenvalue weighted by atomic mass is 9.73. The summed E-state index contributed by atoms with van der Waals surface area (Å²) in [6, 6.07) is 15.5. The number of halogens is 1. The largest absolute Gasteiger partial charge is 0.376 e. The standard InChI is InChI=1S/C24H27FN2O2/c25-20-9-4-10-21-22(20)24(23(28)27(21)17-19-8-5-15-29-19)11-13-26(14-12-24)16-18-6-2-1-3-7-18/h1-4,6-7,9-10,19H,5,8,11-17H2. The van der Waals surface area contributed by atoms with Crippen LogP contribution in [0.5, 0.6) is 0 Å². The Morgan fingerprint density at radius 3 is 2.59 bits per heavy atom. The Bertz CT molecular complexity index is 887. The maximum absolute atomic E-state index is 15.0. The van der Waals surface area contributed by atoms with Gasteiger partial charge in [-0.1, -0.05) is 36.4 Å². The van der Waals surface area contributed by atoms with Crippen LogP contribution in [0.1, 0.15) is 36.8 Å². The smallest absolute Gasteiger partial charge is 0.238 e. The summed E-state index contributed by atoms with van der Waals surface area (Å²) in [6.07, 6.45) is 3.38. The zero-order valence-electron chi connectivity index (χ0n) is 16.6. The number of nitrogens with zero attached hydrogens (tertiary/aromatic N) is 2. The average molecular weight is 394 g/mol. The Labute approximate surface area is 171 Å². The normalized spacial score (nSPS) is 23.7. The second-order valence-electron chi connectivity index (χ2n) is 8.53. The molecule has 3 aliphatic rings. The van der Waals surface area contributed by atoms with Gasteiger partial charge < -0.3 is 9.64 Å². The monoisotopic (exact) mass is 394 g/mol. The van der Waals surface area contributed by atoms with Gasteiger partial charge in [0.1, 0.15) is 5.82 Å². The van der Waals surface area contributed by atoms with E-state index in [0.29, 0.717) is 24.9 Å². The number of anilines is 1. The van der Waals surface area contributed by atoms with E-state index in [0.717, 1.165) is 44.8 Å². The van der Waals surface area contributed by atoms with Gasteiger partial charge >= 0.3 is 0 Å². The van der Waals surface area contributed by atoms with Crippen LogP contribution >= 0.6 is 0 Å². The molecule has 4 nitrogen and oxygen atoms in total. The molecular weight excluding hydrogens is 367 g/mol. The van der Waals surface area contributed by atoms with Crippen molar-refractivity contribution < 1.29 is 13.9 Å². The Balaban J connectivity index is 1.39. The number of carbonyl (C=O) groups excluding carboxylic acids is 1. The van der Waals surface area contributed by atoms with Crippen molar-refractivity contribution in [1.29, 1.82) is 0 Å². The van der Waals surface area contributed by atoms with Crippen LogP contribution < -0.4 is 4.90 Å². The molecule has 1 unspecified atom stereocenters. The average Bonchev–Trinajstić information content (AvgIpc) is 3.33. The number of piperidine rings is 1. The number of hydrogen-bond acceptors (Lipinski definition) is 3. The van der Waals surface area contributed by atoms with Gasteiger partial charge in [0.2, 0.25) is 5.91 Å². The maximum Gasteiger partial charge on any atom is 0.238 e. The van der Waals surface area contributed by atoms with Crippen LogP contribution in [-0.2, 0) is 21.5 Å². The van der Waals surface area contributed by atoms with Gasteiger partial charge in [0.05, 0.1) is 23.8 Å². The molecule has 0 radical (unpaired) electrons. The summed E-state index contributed by atoms with van der Waals surface area (Å²) in [5.74, 6) is -0.185. The van der Waals surface area contributed by atoms with Gasteiger partial charge in [0, 0.05) is 18.7 Å². The number of hydrogen-bond donors (Lipinski definition) is 0. The lowest BCUT2D eigenvalue weighted by Crippen LogP contribution is -2.49. The minimum absolute atomic E-state index is 0.0587. The summed E-state index contributed by atoms with van der Waals surface area (Å²) in [5.41, 5.74) is 1.91. The summed E-state index contributed by atoms with van der Waals surface area (Å²) in [7, 11) is 0. The number of benzene rings is 2. The first kappa shape index (κ1) is 18.8. The highest BCUT2D eigenvalue weighted by atomic mass is 19.1. The van der Waals surface area contributed by atoms with Crippen molar-refractivity contribution in [3.63, 3.8) is 0 Å². The van der Waals surface area contributed by atoms with E-state index < -0.39 is 5.41 Å². The topological polar surface area (TPSA) is 32.8 Å². The Morgan fingerprint density at radius 1 is 1.07 bits per heavy atom. The molecule has 2 aromatic rings. The lowest BCUT2D eigenvalue weighted by Gasteiger charge is -2.38. The van der Waals surface area contributed by atoms with Gasteiger partial charge in [-0.25, -0.2) is 4.39 Å². The van der Waals surface area contributed by atoms with E-state index >= 15 is 4.39 Å². The van der Waals surface area contributed by atoms with Gasteiger partial charge in [-0.2, -0.15) is 0 Å². The van der Waals surface area contributed by atoms with Crippen LogP contribution in [0.2, 0.25) is 0 Å². The van der Waals surface area contributed by atoms with E-state index in [-0.39, 0.29) is 17.8 Å². The number of ether oxygens (including phenoxy) is 1. The fourth-order valence-corrected chi connectivity index (χ4v) is 5.26. The first-order valence-electron chi connectivity index (χ1n) is 10.7. The summed E-state index contributed by atoms with van der Waals surface area (Å²) in [5, 5.41) is 0. The number of likely N-dealkylation sites (tertiary alicyclic amines) is 1. The van der Waals surface area contributed by atoms with Crippen molar-refractivity contribution in [2.24, 2.45) is 0 Å². The summed E-state index contributed by atoms with van der Waals surface area (Å²) in [4.78, 5) is 17.8. The molecule has 1 amide bonds. The van der Waals surface area contributed by atoms with Gasteiger partial charge in [0.15, 0.2) is 0 Å². The molecular formula is C24H27FN2O2. The van der Waals surface area contributed by atoms with Crippen LogP contribution in [0.25, 0.3) is 0 Å². The SMILES string of the molecule is O=C1N(CC2CCCO2)c2cccc(F)c2C12CCN(Cc1ccccc1)CC2. The predicted octanol–water partition coefficient (Wildman–Crippen LogP) is 3.89. The molecule has 2 aromatic carbocycles. The molecule has 0 aliphatic carbocycles. The molecule has 0 aromatic heterocycles. The summed E-state index contributed by atoms with van der Waals surface area (Å²) in [6.45, 7) is 3.74. The molecule has 29 heavy (non-hydrogen) atoms. The second kappa shape index (κ2) is 7.54. The van der Waals surface area contributed by atoms with E-state index in [4.69, 9.17) is 4.74 Å². The molecule has 3 heterocycles. The summed E-state index contributed by atoms with van der Waals surface area (Å²) < 4.78 is 20.8. The maximum atomic E-state index is 15.0. The minimum Gasteiger partial charge on any atom is -0.376 e. The molecule has 0 bridgehead atoms. The van der Waals surface area contributed by atoms with Gasteiger partial charge in [-0.3, -0.25) is 9.69 Å². The van der Waals surface area contributed by atoms with Crippen molar-refractivity contribution in [2.45, 2.75) is 43.7 Å². The molecule has 1 atom stereocenters. The number of fused-ring (bicyclic) bond motifs is 2. The van der Waals surface area contributed by atoms with E-state index in [9.17, 15) is 4.79 Å². The molecule has 2 saturated heterocycles. The molecule has 3 aliphatic heterocycles. The first-order chi connectivity index (χ1) is 14.2. The van der Waals surface area contributed by atoms with Crippen LogP contribution in [0.3, 0.4) is 0 Å². The fraction of sp³-hybridized carbons (Fsp3) is 0.458. The lowest BCUT2D eigenvalue weighted by molar-refractivity contribution is -0.125. The third kappa shape index (κ3) is 3.26. The highest BCUT2D eigenvalue weighted by molar-refractivity contribution is 6.08. The van der Waals surface area contributed by atoms with E-state index in [1.807, 2.05) is 12.1 Å². The van der Waals surface area contributed by atoms with Crippen molar-refractivity contribution in [3.8, 4) is 0 Å². The fourth-order valence-electron chi connectivity index (χ4n) is 5.26. The van der Waals surface area contributed by atoms with Crippen LogP contribution in [-0.4, -0.2) is 43.2 Å². The van der Waals surface area contributed by atoms with Gasteiger partial charge in [-0.05, 0) is 56.5 Å². The number of amides is 1. The third-order valence-electron chi connectivity index (χ3n) is 6.78.